The van der Waals surface area contributed by atoms with Crippen molar-refractivity contribution in [3.05, 3.63) is 156 Å². The Hall–Kier alpha value is -6.02. The standard InChI is InChI=1S/C51H40BN5O2S.Pt/c1-29(2)37-27-45(54-28-38(37)30(3)4)57-43-26-35(21-22-42(43)56-41-19-9-8-18-40(41)55-51(56)57)58-34-16-12-15-33(25-34)48-49-39(23-24-53-48)52(46-31(5)13-11-14-32(46)6)47-36-17-7-10-20-44(36)60-50(47)59-49;/h7-24,27-30H,1-6H3;/q-2;+2. The minimum Gasteiger partial charge on any atom is -0.503 e. The normalized spacial score (nSPS) is 12.4. The molecule has 5 aromatic heterocycles. The maximum atomic E-state index is 6.91. The summed E-state index contributed by atoms with van der Waals surface area (Å²) in [7, 11) is 0. The Bertz CT molecular complexity index is 3330. The largest absolute Gasteiger partial charge is 2.00 e. The molecular formula is C51H40BN5O2PtS. The molecular weight excluding hydrogens is 953 g/mol. The predicted molar refractivity (Wildman–Crippen MR) is 245 cm³/mol. The van der Waals surface area contributed by atoms with E-state index in [1.54, 1.807) is 11.3 Å². The summed E-state index contributed by atoms with van der Waals surface area (Å²) in [4.78, 5) is 15.1. The summed E-state index contributed by atoms with van der Waals surface area (Å²) >= 11 is 1.69. The van der Waals surface area contributed by atoms with Gasteiger partial charge in [0.2, 0.25) is 5.78 Å². The fourth-order valence-corrected chi connectivity index (χ4v) is 10.2. The van der Waals surface area contributed by atoms with Crippen LogP contribution in [0.5, 0.6) is 22.3 Å². The van der Waals surface area contributed by atoms with Gasteiger partial charge in [0.25, 0.3) is 6.71 Å². The summed E-state index contributed by atoms with van der Waals surface area (Å²) in [6, 6.07) is 44.8. The van der Waals surface area contributed by atoms with Crippen molar-refractivity contribution in [3.8, 4) is 39.4 Å². The molecule has 0 spiro atoms. The second kappa shape index (κ2) is 15.2. The fraction of sp³-hybridized carbons (Fsp3) is 0.157. The summed E-state index contributed by atoms with van der Waals surface area (Å²) < 4.78 is 19.0. The minimum atomic E-state index is -0.0225. The molecule has 0 radical (unpaired) electrons. The number of hydrogen-bond donors (Lipinski definition) is 0. The van der Waals surface area contributed by atoms with Gasteiger partial charge in [-0.05, 0) is 94.5 Å². The Morgan fingerprint density at radius 2 is 1.49 bits per heavy atom. The van der Waals surface area contributed by atoms with Gasteiger partial charge in [-0.1, -0.05) is 110 Å². The molecule has 0 N–H and O–H groups in total. The smallest absolute Gasteiger partial charge is 0.503 e. The molecule has 1 aliphatic heterocycles. The Balaban J connectivity index is 0.00000445. The number of nitrogens with zero attached hydrogens (tertiary/aromatic N) is 5. The van der Waals surface area contributed by atoms with Crippen LogP contribution in [-0.4, -0.2) is 30.6 Å². The predicted octanol–water partition coefficient (Wildman–Crippen LogP) is 11.0. The van der Waals surface area contributed by atoms with Crippen LogP contribution in [0.15, 0.2) is 122 Å². The van der Waals surface area contributed by atoms with Crippen LogP contribution in [0.4, 0.5) is 0 Å². The van der Waals surface area contributed by atoms with E-state index in [-0.39, 0.29) is 27.8 Å². The van der Waals surface area contributed by atoms with E-state index in [9.17, 15) is 0 Å². The van der Waals surface area contributed by atoms with Gasteiger partial charge in [0.15, 0.2) is 5.06 Å². The average molecular weight is 993 g/mol. The van der Waals surface area contributed by atoms with Crippen LogP contribution in [0, 0.1) is 26.0 Å². The van der Waals surface area contributed by atoms with E-state index in [0.717, 1.165) is 61.2 Å². The Kier molecular flexibility index (Phi) is 9.73. The summed E-state index contributed by atoms with van der Waals surface area (Å²) in [6.45, 7) is 13.3. The quantitative estimate of drug-likeness (QED) is 0.118. The van der Waals surface area contributed by atoms with E-state index in [0.29, 0.717) is 23.3 Å². The van der Waals surface area contributed by atoms with Gasteiger partial charge in [-0.2, -0.15) is 0 Å². The molecule has 0 aliphatic carbocycles. The number of hydrogen-bond acceptors (Lipinski definition) is 6. The molecule has 0 fully saturated rings. The molecule has 10 heteroatoms. The maximum Gasteiger partial charge on any atom is 2.00 e. The molecule has 5 aromatic carbocycles. The van der Waals surface area contributed by atoms with E-state index >= 15 is 0 Å². The van der Waals surface area contributed by atoms with Gasteiger partial charge in [-0.15, -0.1) is 42.0 Å². The van der Waals surface area contributed by atoms with Crippen LogP contribution in [0.1, 0.15) is 61.8 Å². The first kappa shape index (κ1) is 39.1. The van der Waals surface area contributed by atoms with Crippen molar-refractivity contribution in [2.24, 2.45) is 0 Å². The molecule has 0 atom stereocenters. The molecule has 10 aromatic rings. The van der Waals surface area contributed by atoms with Gasteiger partial charge in [0, 0.05) is 34.3 Å². The van der Waals surface area contributed by atoms with Crippen LogP contribution in [0.2, 0.25) is 0 Å². The van der Waals surface area contributed by atoms with Crippen LogP contribution >= 0.6 is 11.3 Å². The van der Waals surface area contributed by atoms with Gasteiger partial charge in [0.1, 0.15) is 11.6 Å². The van der Waals surface area contributed by atoms with Crippen molar-refractivity contribution in [3.63, 3.8) is 0 Å². The summed E-state index contributed by atoms with van der Waals surface area (Å²) in [5.41, 5.74) is 13.8. The van der Waals surface area contributed by atoms with Crippen molar-refractivity contribution in [1.29, 1.82) is 0 Å². The second-order valence-corrected chi connectivity index (χ2v) is 17.4. The maximum absolute atomic E-state index is 6.91. The first-order chi connectivity index (χ1) is 29.2. The molecule has 0 saturated heterocycles. The zero-order chi connectivity index (χ0) is 40.8. The average Bonchev–Trinajstić information content (AvgIpc) is 3.91. The third kappa shape index (κ3) is 6.32. The molecule has 300 valence electrons. The zero-order valence-electron chi connectivity index (χ0n) is 34.6. The van der Waals surface area contributed by atoms with E-state index in [2.05, 4.69) is 129 Å². The molecule has 6 heterocycles. The number of ether oxygens (including phenoxy) is 2. The van der Waals surface area contributed by atoms with E-state index in [1.165, 1.54) is 43.3 Å². The molecule has 0 saturated carbocycles. The number of benzene rings is 5. The van der Waals surface area contributed by atoms with E-state index in [4.69, 9.17) is 24.4 Å². The zero-order valence-corrected chi connectivity index (χ0v) is 37.6. The Morgan fingerprint density at radius 3 is 2.31 bits per heavy atom. The van der Waals surface area contributed by atoms with E-state index < -0.39 is 0 Å². The molecule has 1 aliphatic rings. The van der Waals surface area contributed by atoms with Crippen molar-refractivity contribution in [1.82, 2.24) is 23.9 Å². The monoisotopic (exact) mass is 992 g/mol. The van der Waals surface area contributed by atoms with Crippen LogP contribution < -0.4 is 25.9 Å². The molecule has 0 unspecified atom stereocenters. The summed E-state index contributed by atoms with van der Waals surface area (Å²) in [6.07, 6.45) is 3.91. The second-order valence-electron chi connectivity index (χ2n) is 16.4. The third-order valence-electron chi connectivity index (χ3n) is 11.9. The molecule has 11 rings (SSSR count). The first-order valence-electron chi connectivity index (χ1n) is 20.5. The Labute approximate surface area is 373 Å². The number of pyridine rings is 2. The number of thiophene rings is 1. The molecule has 0 amide bonds. The Morgan fingerprint density at radius 1 is 0.738 bits per heavy atom. The van der Waals surface area contributed by atoms with Crippen LogP contribution in [0.25, 0.3) is 55.0 Å². The van der Waals surface area contributed by atoms with Crippen molar-refractivity contribution < 1.29 is 30.5 Å². The number of imidazole rings is 2. The number of para-hydroxylation sites is 2. The summed E-state index contributed by atoms with van der Waals surface area (Å²) in [5, 5.41) is 2.12. The van der Waals surface area contributed by atoms with Crippen LogP contribution in [0.3, 0.4) is 0 Å². The summed E-state index contributed by atoms with van der Waals surface area (Å²) in [5.74, 6) is 4.08. The molecule has 0 bridgehead atoms. The van der Waals surface area contributed by atoms with Crippen molar-refractivity contribution in [2.75, 3.05) is 0 Å². The molecule has 7 nitrogen and oxygen atoms in total. The van der Waals surface area contributed by atoms with Gasteiger partial charge in [0.05, 0.1) is 11.0 Å². The SMILES string of the molecule is Cc1cccc(C)c1B1c2ccnc(-c3[c-]c(Oc4[c-]c5c(cc4)n4c6ccccc6nc4n5-c4cc(C(C)C)c(C(C)C)cn4)ccc3)c2Oc2sc3ccccc3c21.[Pt+2]. The number of rotatable bonds is 7. The first-order valence-corrected chi connectivity index (χ1v) is 21.3. The van der Waals surface area contributed by atoms with E-state index in [1.807, 2.05) is 54.9 Å². The number of aromatic nitrogens is 5. The number of fused-ring (bicyclic) bond motifs is 9. The van der Waals surface area contributed by atoms with Gasteiger partial charge in [-0.25, -0.2) is 9.97 Å². The van der Waals surface area contributed by atoms with Gasteiger partial charge >= 0.3 is 21.1 Å². The van der Waals surface area contributed by atoms with Crippen molar-refractivity contribution >= 4 is 72.4 Å². The third-order valence-corrected chi connectivity index (χ3v) is 13.0. The van der Waals surface area contributed by atoms with Gasteiger partial charge in [-0.3, -0.25) is 4.57 Å². The minimum absolute atomic E-state index is 0. The topological polar surface area (TPSA) is 66.5 Å². The fourth-order valence-electron chi connectivity index (χ4n) is 9.14. The van der Waals surface area contributed by atoms with Gasteiger partial charge < -0.3 is 18.9 Å². The molecule has 61 heavy (non-hydrogen) atoms. The van der Waals surface area contributed by atoms with Crippen molar-refractivity contribution in [2.45, 2.75) is 53.4 Å². The number of aryl methyl sites for hydroxylation is 2. The van der Waals surface area contributed by atoms with Crippen LogP contribution in [-0.2, 0) is 21.1 Å².